The summed E-state index contributed by atoms with van der Waals surface area (Å²) >= 11 is 0. The Morgan fingerprint density at radius 2 is 2.53 bits per heavy atom. The topological polar surface area (TPSA) is 78.6 Å². The van der Waals surface area contributed by atoms with E-state index in [1.807, 2.05) is 11.8 Å². The highest BCUT2D eigenvalue weighted by molar-refractivity contribution is 5.93. The number of aliphatic hydroxyl groups is 1. The first kappa shape index (κ1) is 12.1. The molecular formula is C11H17N3O3. The van der Waals surface area contributed by atoms with Crippen molar-refractivity contribution in [2.24, 2.45) is 0 Å². The van der Waals surface area contributed by atoms with Gasteiger partial charge in [-0.15, -0.1) is 0 Å². The summed E-state index contributed by atoms with van der Waals surface area (Å²) in [7, 11) is 0. The second kappa shape index (κ2) is 4.85. The first-order valence-electron chi connectivity index (χ1n) is 5.72. The molecule has 1 aliphatic rings. The van der Waals surface area contributed by atoms with Gasteiger partial charge >= 0.3 is 0 Å². The number of aliphatic hydroxyl groups excluding tert-OH is 1. The van der Waals surface area contributed by atoms with Crippen molar-refractivity contribution in [2.75, 3.05) is 18.4 Å². The van der Waals surface area contributed by atoms with Crippen molar-refractivity contribution in [1.29, 1.82) is 0 Å². The second-order valence-corrected chi connectivity index (χ2v) is 4.44. The average Bonchev–Trinajstić information content (AvgIpc) is 2.87. The summed E-state index contributed by atoms with van der Waals surface area (Å²) in [6, 6.07) is 1.39. The van der Waals surface area contributed by atoms with Gasteiger partial charge in [-0.25, -0.2) is 0 Å². The van der Waals surface area contributed by atoms with E-state index in [1.165, 1.54) is 0 Å². The van der Waals surface area contributed by atoms with E-state index >= 15 is 0 Å². The van der Waals surface area contributed by atoms with E-state index in [4.69, 9.17) is 4.52 Å². The molecular weight excluding hydrogens is 222 g/mol. The van der Waals surface area contributed by atoms with Gasteiger partial charge < -0.3 is 9.63 Å². The SMILES string of the molecule is Cc1cc(NC(=O)C(C)N2CC[C@H](O)C2)on1. The Hall–Kier alpha value is -1.40. The molecule has 6 nitrogen and oxygen atoms in total. The fourth-order valence-electron chi connectivity index (χ4n) is 1.93. The number of aromatic nitrogens is 1. The molecule has 0 saturated carbocycles. The van der Waals surface area contributed by atoms with Gasteiger partial charge in [-0.05, 0) is 20.3 Å². The molecule has 1 fully saturated rings. The highest BCUT2D eigenvalue weighted by Crippen LogP contribution is 2.15. The monoisotopic (exact) mass is 239 g/mol. The van der Waals surface area contributed by atoms with Gasteiger partial charge in [-0.2, -0.15) is 0 Å². The molecule has 0 aliphatic carbocycles. The van der Waals surface area contributed by atoms with E-state index in [2.05, 4.69) is 10.5 Å². The van der Waals surface area contributed by atoms with Crippen molar-refractivity contribution in [1.82, 2.24) is 10.1 Å². The van der Waals surface area contributed by atoms with Crippen LogP contribution in [0.15, 0.2) is 10.6 Å². The van der Waals surface area contributed by atoms with E-state index in [0.717, 1.165) is 18.7 Å². The molecule has 1 aromatic heterocycles. The third-order valence-corrected chi connectivity index (χ3v) is 3.00. The zero-order valence-electron chi connectivity index (χ0n) is 10.0. The van der Waals surface area contributed by atoms with Crippen LogP contribution in [0.25, 0.3) is 0 Å². The molecule has 17 heavy (non-hydrogen) atoms. The minimum Gasteiger partial charge on any atom is -0.392 e. The van der Waals surface area contributed by atoms with Crippen molar-refractivity contribution in [2.45, 2.75) is 32.4 Å². The van der Waals surface area contributed by atoms with Gasteiger partial charge in [0.05, 0.1) is 17.8 Å². The molecule has 0 aromatic carbocycles. The Morgan fingerprint density at radius 3 is 3.06 bits per heavy atom. The van der Waals surface area contributed by atoms with Crippen LogP contribution >= 0.6 is 0 Å². The number of β-amino-alcohol motifs (C(OH)–C–C–N with tert-alkyl or cyclic N) is 1. The highest BCUT2D eigenvalue weighted by Gasteiger charge is 2.28. The normalized spacial score (nSPS) is 22.6. The number of carbonyl (C=O) groups is 1. The van der Waals surface area contributed by atoms with Crippen LogP contribution in [0.4, 0.5) is 5.88 Å². The summed E-state index contributed by atoms with van der Waals surface area (Å²) in [5.74, 6) is 0.217. The molecule has 0 radical (unpaired) electrons. The van der Waals surface area contributed by atoms with Crippen LogP contribution in [0, 0.1) is 6.92 Å². The number of nitrogens with zero attached hydrogens (tertiary/aromatic N) is 2. The molecule has 0 spiro atoms. The average molecular weight is 239 g/mol. The van der Waals surface area contributed by atoms with E-state index < -0.39 is 0 Å². The van der Waals surface area contributed by atoms with E-state index in [9.17, 15) is 9.90 Å². The molecule has 1 amide bonds. The van der Waals surface area contributed by atoms with Gasteiger partial charge in [0, 0.05) is 19.2 Å². The summed E-state index contributed by atoms with van der Waals surface area (Å²) in [4.78, 5) is 13.8. The smallest absolute Gasteiger partial charge is 0.243 e. The number of likely N-dealkylation sites (tertiary alicyclic amines) is 1. The maximum atomic E-state index is 11.9. The van der Waals surface area contributed by atoms with Gasteiger partial charge in [0.25, 0.3) is 0 Å². The summed E-state index contributed by atoms with van der Waals surface area (Å²) in [6.07, 6.45) is 0.400. The number of amides is 1. The fraction of sp³-hybridized carbons (Fsp3) is 0.636. The van der Waals surface area contributed by atoms with Crippen molar-refractivity contribution >= 4 is 11.8 Å². The van der Waals surface area contributed by atoms with E-state index in [1.54, 1.807) is 13.0 Å². The van der Waals surface area contributed by atoms with E-state index in [-0.39, 0.29) is 18.1 Å². The molecule has 6 heteroatoms. The van der Waals surface area contributed by atoms with Gasteiger partial charge in [0.1, 0.15) is 0 Å². The third-order valence-electron chi connectivity index (χ3n) is 3.00. The number of hydrogen-bond acceptors (Lipinski definition) is 5. The minimum absolute atomic E-state index is 0.143. The van der Waals surface area contributed by atoms with Crippen LogP contribution in [-0.2, 0) is 4.79 Å². The molecule has 2 atom stereocenters. The summed E-state index contributed by atoms with van der Waals surface area (Å²) in [5, 5.41) is 15.8. The van der Waals surface area contributed by atoms with Gasteiger partial charge in [0.2, 0.25) is 11.8 Å². The Kier molecular flexibility index (Phi) is 3.44. The van der Waals surface area contributed by atoms with Crippen LogP contribution in [0.1, 0.15) is 19.0 Å². The third kappa shape index (κ3) is 2.83. The van der Waals surface area contributed by atoms with Crippen LogP contribution in [0.5, 0.6) is 0 Å². The number of rotatable bonds is 3. The predicted molar refractivity (Wildman–Crippen MR) is 61.5 cm³/mol. The Balaban J connectivity index is 1.91. The first-order valence-corrected chi connectivity index (χ1v) is 5.72. The molecule has 1 saturated heterocycles. The molecule has 94 valence electrons. The van der Waals surface area contributed by atoms with Crippen molar-refractivity contribution < 1.29 is 14.4 Å². The standard InChI is InChI=1S/C11H17N3O3/c1-7-5-10(17-13-7)12-11(16)8(2)14-4-3-9(15)6-14/h5,8-9,15H,3-4,6H2,1-2H3,(H,12,16)/t8?,9-/m0/s1. The summed E-state index contributed by atoms with van der Waals surface area (Å²) in [5.41, 5.74) is 0.726. The lowest BCUT2D eigenvalue weighted by Gasteiger charge is -2.22. The summed E-state index contributed by atoms with van der Waals surface area (Å²) in [6.45, 7) is 4.89. The second-order valence-electron chi connectivity index (χ2n) is 4.44. The number of aryl methyl sites for hydroxylation is 1. The molecule has 1 aliphatic heterocycles. The molecule has 1 aromatic rings. The minimum atomic E-state index is -0.322. The van der Waals surface area contributed by atoms with Gasteiger partial charge in [-0.1, -0.05) is 5.16 Å². The van der Waals surface area contributed by atoms with Crippen LogP contribution in [0.3, 0.4) is 0 Å². The zero-order chi connectivity index (χ0) is 12.4. The predicted octanol–water partition coefficient (Wildman–Crippen LogP) is 0.377. The van der Waals surface area contributed by atoms with Crippen molar-refractivity contribution in [3.05, 3.63) is 11.8 Å². The Morgan fingerprint density at radius 1 is 1.76 bits per heavy atom. The van der Waals surface area contributed by atoms with Crippen molar-refractivity contribution in [3.8, 4) is 0 Å². The lowest BCUT2D eigenvalue weighted by atomic mass is 10.3. The van der Waals surface area contributed by atoms with Crippen LogP contribution < -0.4 is 5.32 Å². The quantitative estimate of drug-likeness (QED) is 0.797. The van der Waals surface area contributed by atoms with Gasteiger partial charge in [0.15, 0.2) is 0 Å². The molecule has 0 bridgehead atoms. The molecule has 2 heterocycles. The fourth-order valence-corrected chi connectivity index (χ4v) is 1.93. The van der Waals surface area contributed by atoms with Crippen LogP contribution in [-0.4, -0.2) is 46.3 Å². The number of nitrogens with one attached hydrogen (secondary N) is 1. The lowest BCUT2D eigenvalue weighted by molar-refractivity contribution is -0.120. The van der Waals surface area contributed by atoms with E-state index in [0.29, 0.717) is 12.4 Å². The molecule has 2 rings (SSSR count). The number of carbonyl (C=O) groups excluding carboxylic acids is 1. The maximum Gasteiger partial charge on any atom is 0.243 e. The zero-order valence-corrected chi connectivity index (χ0v) is 10.0. The Labute approximate surface area is 99.6 Å². The largest absolute Gasteiger partial charge is 0.392 e. The summed E-state index contributed by atoms with van der Waals surface area (Å²) < 4.78 is 4.92. The number of hydrogen-bond donors (Lipinski definition) is 2. The molecule has 2 N–H and O–H groups in total. The van der Waals surface area contributed by atoms with Gasteiger partial charge in [-0.3, -0.25) is 15.0 Å². The number of anilines is 1. The van der Waals surface area contributed by atoms with Crippen LogP contribution in [0.2, 0.25) is 0 Å². The Bertz CT molecular complexity index is 404. The first-order chi connectivity index (χ1) is 8.06. The van der Waals surface area contributed by atoms with Crippen molar-refractivity contribution in [3.63, 3.8) is 0 Å². The maximum absolute atomic E-state index is 11.9. The highest BCUT2D eigenvalue weighted by atomic mass is 16.5. The molecule has 1 unspecified atom stereocenters. The lowest BCUT2D eigenvalue weighted by Crippen LogP contribution is -2.41.